The zero-order chi connectivity index (χ0) is 28.3. The van der Waals surface area contributed by atoms with Crippen molar-refractivity contribution in [2.24, 2.45) is 0 Å². The molecule has 1 unspecified atom stereocenters. The summed E-state index contributed by atoms with van der Waals surface area (Å²) in [6, 6.07) is 13.1. The lowest BCUT2D eigenvalue weighted by Gasteiger charge is -2.38. The van der Waals surface area contributed by atoms with Gasteiger partial charge in [0.15, 0.2) is 0 Å². The molecule has 1 atom stereocenters. The Hall–Kier alpha value is -4.33. The van der Waals surface area contributed by atoms with Crippen molar-refractivity contribution in [3.8, 4) is 11.8 Å². The minimum atomic E-state index is -4.57. The molecular weight excluding hydrogens is 517 g/mol. The van der Waals surface area contributed by atoms with Crippen molar-refractivity contribution >= 4 is 22.4 Å². The van der Waals surface area contributed by atoms with Gasteiger partial charge in [-0.2, -0.15) is 13.2 Å². The molecule has 0 saturated carbocycles. The molecule has 1 saturated heterocycles. The molecule has 2 aromatic carbocycles. The van der Waals surface area contributed by atoms with Gasteiger partial charge in [-0.15, -0.1) is 0 Å². The van der Waals surface area contributed by atoms with E-state index in [0.717, 1.165) is 29.9 Å². The first-order valence-electron chi connectivity index (χ1n) is 12.8. The predicted octanol–water partition coefficient (Wildman–Crippen LogP) is 4.83. The number of rotatable bonds is 4. The van der Waals surface area contributed by atoms with Crippen LogP contribution < -0.4 is 5.32 Å². The normalized spacial score (nSPS) is 16.4. The van der Waals surface area contributed by atoms with Gasteiger partial charge in [0.1, 0.15) is 5.69 Å². The van der Waals surface area contributed by atoms with E-state index in [9.17, 15) is 18.0 Å². The Morgan fingerprint density at radius 2 is 1.93 bits per heavy atom. The zero-order valence-electron chi connectivity index (χ0n) is 22.0. The van der Waals surface area contributed by atoms with Crippen LogP contribution in [0, 0.1) is 11.8 Å². The lowest BCUT2D eigenvalue weighted by atomic mass is 10.0. The van der Waals surface area contributed by atoms with Gasteiger partial charge >= 0.3 is 6.18 Å². The summed E-state index contributed by atoms with van der Waals surface area (Å²) in [6.45, 7) is 4.46. The van der Waals surface area contributed by atoms with Gasteiger partial charge in [0, 0.05) is 67.3 Å². The summed E-state index contributed by atoms with van der Waals surface area (Å²) in [7, 11) is 2.00. The number of halogens is 3. The van der Waals surface area contributed by atoms with Crippen LogP contribution in [0.3, 0.4) is 0 Å². The van der Waals surface area contributed by atoms with Crippen molar-refractivity contribution in [2.75, 3.05) is 32.0 Å². The number of amides is 1. The van der Waals surface area contributed by atoms with Crippen LogP contribution in [0.5, 0.6) is 0 Å². The number of likely N-dealkylation sites (N-methyl/N-ethyl adjacent to an activating group) is 1. The summed E-state index contributed by atoms with van der Waals surface area (Å²) in [5, 5.41) is 4.39. The zero-order valence-corrected chi connectivity index (χ0v) is 22.0. The lowest BCUT2D eigenvalue weighted by molar-refractivity contribution is -0.138. The number of hydrogen-bond acceptors (Lipinski definition) is 6. The molecule has 1 N–H and O–H groups in total. The van der Waals surface area contributed by atoms with Crippen molar-refractivity contribution in [2.45, 2.75) is 25.7 Å². The van der Waals surface area contributed by atoms with E-state index >= 15 is 0 Å². The molecule has 0 bridgehead atoms. The highest BCUT2D eigenvalue weighted by Gasteiger charge is 2.35. The Kier molecular flexibility index (Phi) is 7.78. The number of alkyl halides is 3. The van der Waals surface area contributed by atoms with Gasteiger partial charge in [0.05, 0.1) is 11.1 Å². The fourth-order valence-corrected chi connectivity index (χ4v) is 4.77. The fourth-order valence-electron chi connectivity index (χ4n) is 4.77. The summed E-state index contributed by atoms with van der Waals surface area (Å²) in [4.78, 5) is 29.6. The number of aromatic nitrogens is 3. The standard InChI is InChI=1S/C30H27F3N6O/c1-20-18-38(2)13-14-39(20)19-23-7-9-24(15-26(23)30(31,32)33)36-29(40)27-11-12-35-28(37-27)10-8-22-17-34-16-21-5-3-4-6-25(21)22/h3-7,9,11-12,15-17,20H,13-14,18-19H2,1-2H3,(H,36,40). The van der Waals surface area contributed by atoms with Crippen LogP contribution in [0.15, 0.2) is 67.1 Å². The number of carbonyl (C=O) groups is 1. The van der Waals surface area contributed by atoms with Gasteiger partial charge in [-0.25, -0.2) is 9.97 Å². The van der Waals surface area contributed by atoms with E-state index < -0.39 is 17.6 Å². The van der Waals surface area contributed by atoms with Crippen molar-refractivity contribution in [3.05, 3.63) is 95.3 Å². The molecule has 0 aliphatic carbocycles. The van der Waals surface area contributed by atoms with E-state index in [1.807, 2.05) is 43.1 Å². The molecule has 2 aromatic heterocycles. The Morgan fingerprint density at radius 3 is 2.73 bits per heavy atom. The first-order valence-corrected chi connectivity index (χ1v) is 12.8. The SMILES string of the molecule is CC1CN(C)CCN1Cc1ccc(NC(=O)c2ccnc(C#Cc3cncc4ccccc34)n2)cc1C(F)(F)F. The summed E-state index contributed by atoms with van der Waals surface area (Å²) >= 11 is 0. The number of nitrogens with one attached hydrogen (secondary N) is 1. The number of carbonyl (C=O) groups excluding carboxylic acids is 1. The maximum atomic E-state index is 14.0. The first kappa shape index (κ1) is 27.2. The Morgan fingerprint density at radius 1 is 1.10 bits per heavy atom. The van der Waals surface area contributed by atoms with Gasteiger partial charge in [0.2, 0.25) is 5.82 Å². The van der Waals surface area contributed by atoms with Crippen LogP contribution in [0.25, 0.3) is 10.8 Å². The van der Waals surface area contributed by atoms with E-state index in [0.29, 0.717) is 12.1 Å². The number of nitrogens with zero attached hydrogens (tertiary/aromatic N) is 5. The lowest BCUT2D eigenvalue weighted by Crippen LogP contribution is -2.49. The number of benzene rings is 2. The number of anilines is 1. The van der Waals surface area contributed by atoms with Crippen LogP contribution in [-0.4, -0.2) is 63.4 Å². The molecule has 4 aromatic rings. The molecule has 0 spiro atoms. The van der Waals surface area contributed by atoms with Crippen molar-refractivity contribution in [1.82, 2.24) is 24.8 Å². The molecule has 3 heterocycles. The third-order valence-electron chi connectivity index (χ3n) is 6.88. The van der Waals surface area contributed by atoms with Crippen LogP contribution >= 0.6 is 0 Å². The summed E-state index contributed by atoms with van der Waals surface area (Å²) in [5.41, 5.74) is 0.0981. The van der Waals surface area contributed by atoms with Crippen molar-refractivity contribution < 1.29 is 18.0 Å². The monoisotopic (exact) mass is 544 g/mol. The van der Waals surface area contributed by atoms with Gasteiger partial charge in [-0.1, -0.05) is 36.3 Å². The highest BCUT2D eigenvalue weighted by molar-refractivity contribution is 6.02. The fraction of sp³-hybridized carbons (Fsp3) is 0.267. The first-order chi connectivity index (χ1) is 19.2. The van der Waals surface area contributed by atoms with E-state index in [-0.39, 0.29) is 35.4 Å². The van der Waals surface area contributed by atoms with E-state index in [4.69, 9.17) is 0 Å². The van der Waals surface area contributed by atoms with Crippen LogP contribution in [0.1, 0.15) is 39.9 Å². The van der Waals surface area contributed by atoms with Crippen LogP contribution in [-0.2, 0) is 12.7 Å². The highest BCUT2D eigenvalue weighted by Crippen LogP contribution is 2.35. The number of pyridine rings is 1. The molecular formula is C30H27F3N6O. The second-order valence-corrected chi connectivity index (χ2v) is 9.83. The largest absolute Gasteiger partial charge is 0.416 e. The van der Waals surface area contributed by atoms with E-state index in [1.54, 1.807) is 12.4 Å². The smallest absolute Gasteiger partial charge is 0.321 e. The molecule has 40 heavy (non-hydrogen) atoms. The third kappa shape index (κ3) is 6.28. The van der Waals surface area contributed by atoms with Gasteiger partial charge < -0.3 is 10.2 Å². The molecule has 0 radical (unpaired) electrons. The second kappa shape index (κ2) is 11.4. The number of piperazine rings is 1. The number of hydrogen-bond donors (Lipinski definition) is 1. The van der Waals surface area contributed by atoms with Gasteiger partial charge in [0.25, 0.3) is 5.91 Å². The summed E-state index contributed by atoms with van der Waals surface area (Å²) in [5.74, 6) is 5.28. The average Bonchev–Trinajstić information content (AvgIpc) is 2.93. The molecule has 5 rings (SSSR count). The maximum Gasteiger partial charge on any atom is 0.416 e. The third-order valence-corrected chi connectivity index (χ3v) is 6.88. The summed E-state index contributed by atoms with van der Waals surface area (Å²) < 4.78 is 42.0. The van der Waals surface area contributed by atoms with Crippen LogP contribution in [0.2, 0.25) is 0 Å². The quantitative estimate of drug-likeness (QED) is 0.371. The minimum absolute atomic E-state index is 0.0146. The predicted molar refractivity (Wildman–Crippen MR) is 147 cm³/mol. The highest BCUT2D eigenvalue weighted by atomic mass is 19.4. The summed E-state index contributed by atoms with van der Waals surface area (Å²) in [6.07, 6.45) is 0.193. The van der Waals surface area contributed by atoms with E-state index in [1.165, 1.54) is 24.4 Å². The molecule has 1 aliphatic rings. The molecule has 7 nitrogen and oxygen atoms in total. The maximum absolute atomic E-state index is 14.0. The Labute approximate surface area is 230 Å². The molecule has 204 valence electrons. The average molecular weight is 545 g/mol. The topological polar surface area (TPSA) is 74.2 Å². The van der Waals surface area contributed by atoms with Gasteiger partial charge in [-0.05, 0) is 43.7 Å². The minimum Gasteiger partial charge on any atom is -0.321 e. The Balaban J connectivity index is 1.34. The molecule has 10 heteroatoms. The van der Waals surface area contributed by atoms with Crippen molar-refractivity contribution in [3.63, 3.8) is 0 Å². The van der Waals surface area contributed by atoms with E-state index in [2.05, 4.69) is 37.0 Å². The number of fused-ring (bicyclic) bond motifs is 1. The van der Waals surface area contributed by atoms with Crippen molar-refractivity contribution in [1.29, 1.82) is 0 Å². The van der Waals surface area contributed by atoms with Crippen LogP contribution in [0.4, 0.5) is 18.9 Å². The van der Waals surface area contributed by atoms with Gasteiger partial charge in [-0.3, -0.25) is 14.7 Å². The molecule has 1 aliphatic heterocycles. The second-order valence-electron chi connectivity index (χ2n) is 9.83. The molecule has 1 fully saturated rings. The molecule has 1 amide bonds. The Bertz CT molecular complexity index is 1610.